The van der Waals surface area contributed by atoms with Gasteiger partial charge in [0.1, 0.15) is 0 Å². The normalized spacial score (nSPS) is 10.4. The molecule has 1 amide bonds. The first-order valence-corrected chi connectivity index (χ1v) is 8.27. The van der Waals surface area contributed by atoms with E-state index in [1.807, 2.05) is 49.4 Å². The Hall–Kier alpha value is -1.81. The summed E-state index contributed by atoms with van der Waals surface area (Å²) in [5, 5.41) is 2.93. The Bertz CT molecular complexity index is 649. The minimum Gasteiger partial charge on any atom is -0.372 e. The van der Waals surface area contributed by atoms with E-state index in [0.717, 1.165) is 28.8 Å². The van der Waals surface area contributed by atoms with Crippen LogP contribution in [0.5, 0.6) is 0 Å². The van der Waals surface area contributed by atoms with Crippen LogP contribution in [0.15, 0.2) is 46.9 Å². The molecule has 2 aromatic carbocycles. The predicted octanol–water partition coefficient (Wildman–Crippen LogP) is 4.86. The fourth-order valence-corrected chi connectivity index (χ4v) is 2.66. The molecule has 0 bridgehead atoms. The summed E-state index contributed by atoms with van der Waals surface area (Å²) in [5.41, 5.74) is 3.73. The second-order valence-corrected chi connectivity index (χ2v) is 5.99. The van der Waals surface area contributed by atoms with Crippen molar-refractivity contribution in [3.05, 3.63) is 58.1 Å². The first-order chi connectivity index (χ1) is 10.5. The molecule has 0 fully saturated rings. The zero-order chi connectivity index (χ0) is 16.1. The Labute approximate surface area is 140 Å². The van der Waals surface area contributed by atoms with Crippen LogP contribution in [0, 0.1) is 6.92 Å². The largest absolute Gasteiger partial charge is 0.372 e. The summed E-state index contributed by atoms with van der Waals surface area (Å²) in [4.78, 5) is 14.5. The Morgan fingerprint density at radius 1 is 1.09 bits per heavy atom. The molecule has 0 unspecified atom stereocenters. The molecule has 22 heavy (non-hydrogen) atoms. The first-order valence-electron chi connectivity index (χ1n) is 7.47. The van der Waals surface area contributed by atoms with Crippen LogP contribution in [0.2, 0.25) is 0 Å². The average molecular weight is 361 g/mol. The number of nitrogens with one attached hydrogen (secondary N) is 1. The quantitative estimate of drug-likeness (QED) is 0.825. The molecule has 1 N–H and O–H groups in total. The highest BCUT2D eigenvalue weighted by Gasteiger charge is 2.08. The van der Waals surface area contributed by atoms with Crippen molar-refractivity contribution in [3.63, 3.8) is 0 Å². The zero-order valence-electron chi connectivity index (χ0n) is 13.2. The number of halogens is 1. The van der Waals surface area contributed by atoms with Crippen molar-refractivity contribution in [3.8, 4) is 0 Å². The topological polar surface area (TPSA) is 32.3 Å². The summed E-state index contributed by atoms with van der Waals surface area (Å²) < 4.78 is 0.942. The smallest absolute Gasteiger partial charge is 0.255 e. The lowest BCUT2D eigenvalue weighted by Gasteiger charge is -2.21. The zero-order valence-corrected chi connectivity index (χ0v) is 14.8. The molecule has 116 valence electrons. The monoisotopic (exact) mass is 360 g/mol. The third kappa shape index (κ3) is 3.89. The fourth-order valence-electron chi connectivity index (χ4n) is 2.28. The number of amides is 1. The average Bonchev–Trinajstić information content (AvgIpc) is 2.52. The number of nitrogens with zero attached hydrogens (tertiary/aromatic N) is 1. The molecule has 3 nitrogen and oxygen atoms in total. The van der Waals surface area contributed by atoms with Gasteiger partial charge in [0.05, 0.1) is 0 Å². The van der Waals surface area contributed by atoms with Crippen molar-refractivity contribution < 1.29 is 4.79 Å². The van der Waals surface area contributed by atoms with Crippen LogP contribution in [-0.2, 0) is 0 Å². The highest BCUT2D eigenvalue weighted by molar-refractivity contribution is 9.10. The van der Waals surface area contributed by atoms with Gasteiger partial charge in [0.25, 0.3) is 5.91 Å². The van der Waals surface area contributed by atoms with E-state index in [1.165, 1.54) is 5.69 Å². The van der Waals surface area contributed by atoms with E-state index < -0.39 is 0 Å². The SMILES string of the molecule is CCN(CC)c1ccc(NC(=O)c2ccc(C)c(Br)c2)cc1. The maximum Gasteiger partial charge on any atom is 0.255 e. The number of rotatable bonds is 5. The molecule has 0 aromatic heterocycles. The van der Waals surface area contributed by atoms with Gasteiger partial charge in [-0.1, -0.05) is 22.0 Å². The maximum absolute atomic E-state index is 12.3. The van der Waals surface area contributed by atoms with Crippen LogP contribution in [0.1, 0.15) is 29.8 Å². The fraction of sp³-hybridized carbons (Fsp3) is 0.278. The van der Waals surface area contributed by atoms with E-state index >= 15 is 0 Å². The number of hydrogen-bond acceptors (Lipinski definition) is 2. The lowest BCUT2D eigenvalue weighted by molar-refractivity contribution is 0.102. The number of carbonyl (C=O) groups is 1. The molecule has 2 aromatic rings. The van der Waals surface area contributed by atoms with Crippen LogP contribution in [0.25, 0.3) is 0 Å². The van der Waals surface area contributed by atoms with E-state index in [4.69, 9.17) is 0 Å². The molecule has 0 aliphatic carbocycles. The van der Waals surface area contributed by atoms with Crippen molar-refractivity contribution >= 4 is 33.2 Å². The number of aryl methyl sites for hydroxylation is 1. The van der Waals surface area contributed by atoms with Crippen LogP contribution < -0.4 is 10.2 Å². The summed E-state index contributed by atoms with van der Waals surface area (Å²) >= 11 is 3.46. The van der Waals surface area contributed by atoms with Crippen LogP contribution in [-0.4, -0.2) is 19.0 Å². The van der Waals surface area contributed by atoms with Gasteiger partial charge in [0.15, 0.2) is 0 Å². The second-order valence-electron chi connectivity index (χ2n) is 5.14. The number of benzene rings is 2. The minimum absolute atomic E-state index is 0.101. The van der Waals surface area contributed by atoms with Crippen LogP contribution >= 0.6 is 15.9 Å². The van der Waals surface area contributed by atoms with Gasteiger partial charge in [-0.15, -0.1) is 0 Å². The summed E-state index contributed by atoms with van der Waals surface area (Å²) in [6, 6.07) is 13.6. The maximum atomic E-state index is 12.3. The third-order valence-electron chi connectivity index (χ3n) is 3.69. The van der Waals surface area contributed by atoms with Gasteiger partial charge in [0.2, 0.25) is 0 Å². The number of anilines is 2. The van der Waals surface area contributed by atoms with Gasteiger partial charge in [0, 0.05) is 34.5 Å². The van der Waals surface area contributed by atoms with Crippen molar-refractivity contribution in [2.24, 2.45) is 0 Å². The predicted molar refractivity (Wildman–Crippen MR) is 96.8 cm³/mol. The molecule has 0 heterocycles. The molecular weight excluding hydrogens is 340 g/mol. The van der Waals surface area contributed by atoms with Crippen LogP contribution in [0.4, 0.5) is 11.4 Å². The highest BCUT2D eigenvalue weighted by Crippen LogP contribution is 2.20. The van der Waals surface area contributed by atoms with Gasteiger partial charge in [-0.05, 0) is 62.7 Å². The van der Waals surface area contributed by atoms with Gasteiger partial charge < -0.3 is 10.2 Å². The summed E-state index contributed by atoms with van der Waals surface area (Å²) in [5.74, 6) is -0.101. The first kappa shape index (κ1) is 16.6. The van der Waals surface area contributed by atoms with E-state index in [-0.39, 0.29) is 5.91 Å². The second kappa shape index (κ2) is 7.45. The summed E-state index contributed by atoms with van der Waals surface area (Å²) in [7, 11) is 0. The number of carbonyl (C=O) groups excluding carboxylic acids is 1. The van der Waals surface area contributed by atoms with Crippen molar-refractivity contribution in [2.75, 3.05) is 23.3 Å². The van der Waals surface area contributed by atoms with Crippen molar-refractivity contribution in [2.45, 2.75) is 20.8 Å². The van der Waals surface area contributed by atoms with E-state index in [2.05, 4.69) is 40.0 Å². The summed E-state index contributed by atoms with van der Waals surface area (Å²) in [6.45, 7) is 8.21. The van der Waals surface area contributed by atoms with Gasteiger partial charge in [-0.3, -0.25) is 4.79 Å². The molecule has 0 spiro atoms. The molecule has 0 atom stereocenters. The van der Waals surface area contributed by atoms with Gasteiger partial charge in [-0.2, -0.15) is 0 Å². The molecule has 0 aliphatic rings. The third-order valence-corrected chi connectivity index (χ3v) is 4.54. The molecule has 2 rings (SSSR count). The van der Waals surface area contributed by atoms with Gasteiger partial charge in [-0.25, -0.2) is 0 Å². The number of hydrogen-bond donors (Lipinski definition) is 1. The molecular formula is C18H21BrN2O. The minimum atomic E-state index is -0.101. The van der Waals surface area contributed by atoms with Crippen LogP contribution in [0.3, 0.4) is 0 Å². The summed E-state index contributed by atoms with van der Waals surface area (Å²) in [6.07, 6.45) is 0. The van der Waals surface area contributed by atoms with E-state index in [0.29, 0.717) is 5.56 Å². The molecule has 0 saturated heterocycles. The van der Waals surface area contributed by atoms with E-state index in [9.17, 15) is 4.79 Å². The lowest BCUT2D eigenvalue weighted by atomic mass is 10.1. The highest BCUT2D eigenvalue weighted by atomic mass is 79.9. The standard InChI is InChI=1S/C18H21BrN2O/c1-4-21(5-2)16-10-8-15(9-11-16)20-18(22)14-7-6-13(3)17(19)12-14/h6-12H,4-5H2,1-3H3,(H,20,22). The lowest BCUT2D eigenvalue weighted by Crippen LogP contribution is -2.21. The van der Waals surface area contributed by atoms with Crippen molar-refractivity contribution in [1.82, 2.24) is 0 Å². The molecule has 0 saturated carbocycles. The molecule has 0 aliphatic heterocycles. The van der Waals surface area contributed by atoms with Gasteiger partial charge >= 0.3 is 0 Å². The van der Waals surface area contributed by atoms with Crippen molar-refractivity contribution in [1.29, 1.82) is 0 Å². The van der Waals surface area contributed by atoms with E-state index in [1.54, 1.807) is 0 Å². The molecule has 0 radical (unpaired) electrons. The molecule has 4 heteroatoms. The Morgan fingerprint density at radius 3 is 2.27 bits per heavy atom. The Morgan fingerprint density at radius 2 is 1.73 bits per heavy atom. The Balaban J connectivity index is 2.10. The Kier molecular flexibility index (Phi) is 5.61.